The number of hydrogen-bond acceptors (Lipinski definition) is 5. The fourth-order valence-electron chi connectivity index (χ4n) is 3.42. The maximum Gasteiger partial charge on any atom is 0.257 e. The highest BCUT2D eigenvalue weighted by atomic mass is 32.1. The van der Waals surface area contributed by atoms with E-state index in [2.05, 4.69) is 28.1 Å². The highest BCUT2D eigenvalue weighted by Crippen LogP contribution is 2.35. The van der Waals surface area contributed by atoms with Gasteiger partial charge in [-0.1, -0.05) is 6.92 Å². The minimum atomic E-state index is 0.710. The Morgan fingerprint density at radius 2 is 2.13 bits per heavy atom. The van der Waals surface area contributed by atoms with E-state index in [1.54, 1.807) is 0 Å². The Bertz CT molecular complexity index is 636. The Labute approximate surface area is 141 Å². The van der Waals surface area contributed by atoms with Crippen LogP contribution in [0.3, 0.4) is 0 Å². The summed E-state index contributed by atoms with van der Waals surface area (Å²) in [6.45, 7) is 5.32. The third kappa shape index (κ3) is 3.66. The molecular formula is C18H25N3OS. The summed E-state index contributed by atoms with van der Waals surface area (Å²) >= 11 is 1.84. The van der Waals surface area contributed by atoms with Crippen molar-refractivity contribution in [3.63, 3.8) is 0 Å². The maximum absolute atomic E-state index is 5.97. The molecule has 0 aliphatic heterocycles. The molecule has 0 unspecified atom stereocenters. The number of fused-ring (bicyclic) bond motifs is 1. The molecule has 1 fully saturated rings. The topological polar surface area (TPSA) is 42.2 Å². The van der Waals surface area contributed by atoms with Crippen molar-refractivity contribution in [1.29, 1.82) is 0 Å². The maximum atomic E-state index is 5.97. The summed E-state index contributed by atoms with van der Waals surface area (Å²) in [5, 5.41) is 8.60. The van der Waals surface area contributed by atoms with E-state index in [4.69, 9.17) is 4.42 Å². The summed E-state index contributed by atoms with van der Waals surface area (Å²) in [6, 6.07) is 2.27. The van der Waals surface area contributed by atoms with Gasteiger partial charge in [-0.3, -0.25) is 4.90 Å². The zero-order valence-electron chi connectivity index (χ0n) is 13.9. The third-order valence-corrected chi connectivity index (χ3v) is 6.01. The van der Waals surface area contributed by atoms with Crippen LogP contribution in [0.15, 0.2) is 10.5 Å². The largest absolute Gasteiger partial charge is 0.419 e. The minimum absolute atomic E-state index is 0.710. The van der Waals surface area contributed by atoms with Gasteiger partial charge in [0.15, 0.2) is 0 Å². The first kappa shape index (κ1) is 15.3. The van der Waals surface area contributed by atoms with E-state index >= 15 is 0 Å². The lowest BCUT2D eigenvalue weighted by Crippen LogP contribution is -2.26. The van der Waals surface area contributed by atoms with Crippen molar-refractivity contribution < 1.29 is 4.42 Å². The zero-order chi connectivity index (χ0) is 15.6. The predicted octanol–water partition coefficient (Wildman–Crippen LogP) is 4.30. The molecule has 0 aromatic carbocycles. The molecule has 124 valence electrons. The first-order valence-electron chi connectivity index (χ1n) is 8.98. The van der Waals surface area contributed by atoms with Crippen LogP contribution in [0, 0.1) is 5.92 Å². The van der Waals surface area contributed by atoms with Crippen LogP contribution in [0.5, 0.6) is 0 Å². The highest BCUT2D eigenvalue weighted by molar-refractivity contribution is 7.15. The van der Waals surface area contributed by atoms with E-state index in [0.29, 0.717) is 5.89 Å². The van der Waals surface area contributed by atoms with Gasteiger partial charge in [0.1, 0.15) is 0 Å². The summed E-state index contributed by atoms with van der Waals surface area (Å²) < 4.78 is 5.97. The molecule has 1 saturated carbocycles. The summed E-state index contributed by atoms with van der Waals surface area (Å²) in [5.41, 5.74) is 1.50. The first-order chi connectivity index (χ1) is 11.3. The van der Waals surface area contributed by atoms with E-state index in [-0.39, 0.29) is 0 Å². The normalized spacial score (nSPS) is 17.7. The van der Waals surface area contributed by atoms with Gasteiger partial charge >= 0.3 is 0 Å². The fourth-order valence-corrected chi connectivity index (χ4v) is 4.60. The SMILES string of the molecule is CCCN(Cc1nnc(-c2cc3c(s2)CCCC3)o1)CC1CC1. The van der Waals surface area contributed by atoms with E-state index in [1.165, 1.54) is 61.9 Å². The predicted molar refractivity (Wildman–Crippen MR) is 92.5 cm³/mol. The average Bonchev–Trinajstić information content (AvgIpc) is 3.09. The van der Waals surface area contributed by atoms with Crippen molar-refractivity contribution in [2.75, 3.05) is 13.1 Å². The van der Waals surface area contributed by atoms with Gasteiger partial charge < -0.3 is 4.42 Å². The summed E-state index contributed by atoms with van der Waals surface area (Å²) in [5.74, 6) is 2.37. The smallest absolute Gasteiger partial charge is 0.257 e. The van der Waals surface area contributed by atoms with Gasteiger partial charge in [-0.2, -0.15) is 0 Å². The number of rotatable bonds is 7. The van der Waals surface area contributed by atoms with Crippen LogP contribution >= 0.6 is 11.3 Å². The molecule has 0 N–H and O–H groups in total. The van der Waals surface area contributed by atoms with Crippen molar-refractivity contribution in [2.24, 2.45) is 5.92 Å². The van der Waals surface area contributed by atoms with Gasteiger partial charge in [0.05, 0.1) is 11.4 Å². The average molecular weight is 331 g/mol. The van der Waals surface area contributed by atoms with Gasteiger partial charge in [0.25, 0.3) is 5.89 Å². The lowest BCUT2D eigenvalue weighted by Gasteiger charge is -2.19. The van der Waals surface area contributed by atoms with Crippen LogP contribution in [0.4, 0.5) is 0 Å². The number of hydrogen-bond donors (Lipinski definition) is 0. The van der Waals surface area contributed by atoms with E-state index < -0.39 is 0 Å². The van der Waals surface area contributed by atoms with Gasteiger partial charge in [0.2, 0.25) is 5.89 Å². The minimum Gasteiger partial charge on any atom is -0.419 e. The molecule has 0 spiro atoms. The Balaban J connectivity index is 1.46. The summed E-state index contributed by atoms with van der Waals surface area (Å²) in [7, 11) is 0. The van der Waals surface area contributed by atoms with E-state index in [1.807, 2.05) is 11.3 Å². The van der Waals surface area contributed by atoms with Gasteiger partial charge in [-0.15, -0.1) is 21.5 Å². The Hall–Kier alpha value is -1.20. The number of aryl methyl sites for hydroxylation is 2. The monoisotopic (exact) mass is 331 g/mol. The lowest BCUT2D eigenvalue weighted by molar-refractivity contribution is 0.231. The second-order valence-electron chi connectivity index (χ2n) is 6.95. The van der Waals surface area contributed by atoms with Crippen LogP contribution in [0.1, 0.15) is 55.4 Å². The van der Waals surface area contributed by atoms with Gasteiger partial charge in [0, 0.05) is 11.4 Å². The molecule has 2 aromatic heterocycles. The van der Waals surface area contributed by atoms with Crippen molar-refractivity contribution in [2.45, 2.75) is 58.4 Å². The fraction of sp³-hybridized carbons (Fsp3) is 0.667. The van der Waals surface area contributed by atoms with Crippen LogP contribution in [0.2, 0.25) is 0 Å². The molecule has 2 aromatic rings. The molecule has 0 bridgehead atoms. The molecular weight excluding hydrogens is 306 g/mol. The van der Waals surface area contributed by atoms with Gasteiger partial charge in [-0.05, 0) is 69.0 Å². The van der Waals surface area contributed by atoms with Crippen LogP contribution in [-0.4, -0.2) is 28.2 Å². The van der Waals surface area contributed by atoms with E-state index in [0.717, 1.165) is 29.8 Å². The molecule has 2 heterocycles. The van der Waals surface area contributed by atoms with Crippen molar-refractivity contribution in [3.05, 3.63) is 22.4 Å². The summed E-state index contributed by atoms with van der Waals surface area (Å²) in [4.78, 5) is 5.14. The highest BCUT2D eigenvalue weighted by Gasteiger charge is 2.25. The number of aromatic nitrogens is 2. The Kier molecular flexibility index (Phi) is 4.49. The third-order valence-electron chi connectivity index (χ3n) is 4.79. The van der Waals surface area contributed by atoms with Crippen molar-refractivity contribution in [1.82, 2.24) is 15.1 Å². The van der Waals surface area contributed by atoms with E-state index in [9.17, 15) is 0 Å². The molecule has 0 radical (unpaired) electrons. The van der Waals surface area contributed by atoms with Crippen LogP contribution in [-0.2, 0) is 19.4 Å². The number of thiophene rings is 1. The Morgan fingerprint density at radius 3 is 2.91 bits per heavy atom. The molecule has 23 heavy (non-hydrogen) atoms. The molecule has 4 nitrogen and oxygen atoms in total. The van der Waals surface area contributed by atoms with Gasteiger partial charge in [-0.25, -0.2) is 0 Å². The molecule has 4 rings (SSSR count). The second kappa shape index (κ2) is 6.73. The van der Waals surface area contributed by atoms with Crippen LogP contribution < -0.4 is 0 Å². The molecule has 0 saturated heterocycles. The molecule has 2 aliphatic carbocycles. The van der Waals surface area contributed by atoms with Crippen molar-refractivity contribution >= 4 is 11.3 Å². The lowest BCUT2D eigenvalue weighted by atomic mass is 9.99. The molecule has 0 amide bonds. The molecule has 0 atom stereocenters. The zero-order valence-corrected chi connectivity index (χ0v) is 14.7. The second-order valence-corrected chi connectivity index (χ2v) is 8.08. The summed E-state index contributed by atoms with van der Waals surface area (Å²) in [6.07, 6.45) is 8.99. The van der Waals surface area contributed by atoms with Crippen molar-refractivity contribution in [3.8, 4) is 10.8 Å². The molecule has 2 aliphatic rings. The quantitative estimate of drug-likeness (QED) is 0.758. The van der Waals surface area contributed by atoms with Crippen LogP contribution in [0.25, 0.3) is 10.8 Å². The Morgan fingerprint density at radius 1 is 1.26 bits per heavy atom. The standard InChI is InChI=1S/C18H25N3OS/c1-2-9-21(11-13-7-8-13)12-17-19-20-18(22-17)16-10-14-5-3-4-6-15(14)23-16/h10,13H,2-9,11-12H2,1H3. The first-order valence-corrected chi connectivity index (χ1v) is 9.80. The number of nitrogens with zero attached hydrogens (tertiary/aromatic N) is 3. The molecule has 5 heteroatoms.